The van der Waals surface area contributed by atoms with Gasteiger partial charge in [-0.2, -0.15) is 5.10 Å². The maximum absolute atomic E-state index is 13.3. The number of fused-ring (bicyclic) bond motifs is 2. The molecule has 3 atom stereocenters. The standard InChI is InChI=1S/C34H39ClN8O4/c1-18(2)9-25-31(32(36)44)30(24-13-39-43(33(24)40-25)26-7-8-41(14-19(26)3)23-16-46-17-23)21-5-6-27-28(10-21)47-20(4)34(45)42(27)15-29-37-11-22(35)12-38-29/h5-6,10-13,18-20,23,26H,7-9,14-17H2,1-4H3,(H2,36,44)/t19-,20?,26-/m1/s1. The molecule has 6 heterocycles. The van der Waals surface area contributed by atoms with E-state index in [1.807, 2.05) is 18.2 Å². The highest BCUT2D eigenvalue weighted by molar-refractivity contribution is 6.30. The smallest absolute Gasteiger partial charge is 0.268 e. The normalized spacial score (nSPS) is 22.0. The molecule has 2 N–H and O–H groups in total. The number of pyridine rings is 1. The fourth-order valence-electron chi connectivity index (χ4n) is 7.03. The van der Waals surface area contributed by atoms with Crippen molar-refractivity contribution in [1.29, 1.82) is 0 Å². The highest BCUT2D eigenvalue weighted by Gasteiger charge is 2.37. The van der Waals surface area contributed by atoms with Gasteiger partial charge in [0, 0.05) is 36.4 Å². The summed E-state index contributed by atoms with van der Waals surface area (Å²) in [6.07, 6.45) is 5.59. The van der Waals surface area contributed by atoms with Crippen LogP contribution >= 0.6 is 11.6 Å². The molecular formula is C34H39ClN8O4. The van der Waals surface area contributed by atoms with E-state index in [0.717, 1.165) is 49.3 Å². The first-order chi connectivity index (χ1) is 22.6. The fraction of sp³-hybridized carbons (Fsp3) is 0.471. The summed E-state index contributed by atoms with van der Waals surface area (Å²) >= 11 is 5.98. The first-order valence-electron chi connectivity index (χ1n) is 16.2. The predicted molar refractivity (Wildman–Crippen MR) is 177 cm³/mol. The van der Waals surface area contributed by atoms with Gasteiger partial charge in [-0.3, -0.25) is 19.4 Å². The molecule has 0 aliphatic carbocycles. The molecule has 0 radical (unpaired) electrons. The lowest BCUT2D eigenvalue weighted by Gasteiger charge is -2.44. The maximum atomic E-state index is 13.3. The molecule has 3 aliphatic heterocycles. The van der Waals surface area contributed by atoms with Gasteiger partial charge in [0.1, 0.15) is 11.6 Å². The molecule has 0 bridgehead atoms. The molecule has 12 nitrogen and oxygen atoms in total. The number of amides is 2. The van der Waals surface area contributed by atoms with Crippen molar-refractivity contribution in [3.8, 4) is 16.9 Å². The Morgan fingerprint density at radius 2 is 1.91 bits per heavy atom. The van der Waals surface area contributed by atoms with Gasteiger partial charge in [0.05, 0.1) is 60.0 Å². The van der Waals surface area contributed by atoms with Crippen molar-refractivity contribution in [3.05, 3.63) is 58.9 Å². The molecule has 0 saturated carbocycles. The third-order valence-electron chi connectivity index (χ3n) is 9.44. The molecule has 1 unspecified atom stereocenters. The van der Waals surface area contributed by atoms with E-state index in [2.05, 4.69) is 40.3 Å². The van der Waals surface area contributed by atoms with Crippen molar-refractivity contribution in [1.82, 2.24) is 29.6 Å². The summed E-state index contributed by atoms with van der Waals surface area (Å²) in [5.74, 6) is 0.767. The number of piperidine rings is 1. The van der Waals surface area contributed by atoms with Crippen LogP contribution in [0.5, 0.6) is 5.75 Å². The topological polar surface area (TPSA) is 142 Å². The van der Waals surface area contributed by atoms with Gasteiger partial charge in [-0.15, -0.1) is 0 Å². The second kappa shape index (κ2) is 12.5. The SMILES string of the molecule is CC(C)Cc1nc2c(cnn2[C@@H]2CCN(C3COC3)C[C@H]2C)c(-c2ccc3c(c2)OC(C)C(=O)N3Cc2ncc(Cl)cn2)c1C(N)=O. The Morgan fingerprint density at radius 3 is 2.57 bits per heavy atom. The van der Waals surface area contributed by atoms with Crippen molar-refractivity contribution in [2.45, 2.75) is 65.3 Å². The summed E-state index contributed by atoms with van der Waals surface area (Å²) in [5, 5.41) is 6.07. The van der Waals surface area contributed by atoms with E-state index in [-0.39, 0.29) is 24.4 Å². The molecule has 7 rings (SSSR count). The molecule has 2 fully saturated rings. The third kappa shape index (κ3) is 5.83. The number of nitrogens with two attached hydrogens (primary N) is 1. The summed E-state index contributed by atoms with van der Waals surface area (Å²) in [6.45, 7) is 11.8. The van der Waals surface area contributed by atoms with Gasteiger partial charge in [-0.25, -0.2) is 19.6 Å². The average Bonchev–Trinajstić information content (AvgIpc) is 3.41. The molecule has 2 saturated heterocycles. The maximum Gasteiger partial charge on any atom is 0.268 e. The molecule has 0 spiro atoms. The number of primary amides is 1. The molecule has 13 heteroatoms. The number of hydrogen-bond donors (Lipinski definition) is 1. The first kappa shape index (κ1) is 31.5. The lowest BCUT2D eigenvalue weighted by Crippen LogP contribution is -2.54. The summed E-state index contributed by atoms with van der Waals surface area (Å²) in [4.78, 5) is 44.3. The van der Waals surface area contributed by atoms with Gasteiger partial charge < -0.3 is 15.2 Å². The van der Waals surface area contributed by atoms with E-state index in [0.29, 0.717) is 57.5 Å². The monoisotopic (exact) mass is 658 g/mol. The quantitative estimate of drug-likeness (QED) is 0.291. The molecule has 3 aliphatic rings. The van der Waals surface area contributed by atoms with Crippen LogP contribution in [0.4, 0.5) is 5.69 Å². The second-order valence-corrected chi connectivity index (χ2v) is 13.7. The van der Waals surface area contributed by atoms with Gasteiger partial charge in [-0.05, 0) is 49.3 Å². The van der Waals surface area contributed by atoms with Crippen LogP contribution in [0.1, 0.15) is 62.0 Å². The summed E-state index contributed by atoms with van der Waals surface area (Å²) < 4.78 is 13.6. The Morgan fingerprint density at radius 1 is 1.15 bits per heavy atom. The molecule has 47 heavy (non-hydrogen) atoms. The number of aromatic nitrogens is 5. The zero-order valence-electron chi connectivity index (χ0n) is 27.0. The number of carbonyl (C=O) groups is 2. The van der Waals surface area contributed by atoms with E-state index < -0.39 is 12.0 Å². The number of ether oxygens (including phenoxy) is 2. The van der Waals surface area contributed by atoms with Gasteiger partial charge in [0.2, 0.25) is 0 Å². The fourth-order valence-corrected chi connectivity index (χ4v) is 7.13. The van der Waals surface area contributed by atoms with E-state index in [1.165, 1.54) is 12.4 Å². The second-order valence-electron chi connectivity index (χ2n) is 13.3. The number of nitrogens with zero attached hydrogens (tertiary/aromatic N) is 7. The van der Waals surface area contributed by atoms with Crippen LogP contribution < -0.4 is 15.4 Å². The number of rotatable bonds is 8. The van der Waals surface area contributed by atoms with Crippen LogP contribution in [0.15, 0.2) is 36.8 Å². The molecule has 246 valence electrons. The van der Waals surface area contributed by atoms with Crippen LogP contribution in [-0.2, 0) is 22.5 Å². The van der Waals surface area contributed by atoms with E-state index >= 15 is 0 Å². The van der Waals surface area contributed by atoms with Gasteiger partial charge in [-0.1, -0.05) is 38.4 Å². The van der Waals surface area contributed by atoms with Crippen LogP contribution in [0.25, 0.3) is 22.2 Å². The Balaban J connectivity index is 1.33. The molecule has 4 aromatic rings. The largest absolute Gasteiger partial charge is 0.479 e. The number of carbonyl (C=O) groups excluding carboxylic acids is 2. The average molecular weight is 659 g/mol. The molecule has 2 amide bonds. The number of halogens is 1. The minimum Gasteiger partial charge on any atom is -0.479 e. The van der Waals surface area contributed by atoms with Gasteiger partial charge in [0.15, 0.2) is 11.8 Å². The van der Waals surface area contributed by atoms with Crippen molar-refractivity contribution in [2.24, 2.45) is 17.6 Å². The highest BCUT2D eigenvalue weighted by Crippen LogP contribution is 2.42. The molecular weight excluding hydrogens is 620 g/mol. The zero-order chi connectivity index (χ0) is 33.0. The first-order valence-corrected chi connectivity index (χ1v) is 16.6. The highest BCUT2D eigenvalue weighted by atomic mass is 35.5. The van der Waals surface area contributed by atoms with Crippen LogP contribution in [0.2, 0.25) is 5.02 Å². The zero-order valence-corrected chi connectivity index (χ0v) is 27.8. The van der Waals surface area contributed by atoms with Crippen molar-refractivity contribution < 1.29 is 19.1 Å². The third-order valence-corrected chi connectivity index (χ3v) is 9.63. The Bertz CT molecular complexity index is 1840. The number of benzene rings is 1. The van der Waals surface area contributed by atoms with E-state index in [9.17, 15) is 9.59 Å². The number of anilines is 1. The predicted octanol–water partition coefficient (Wildman–Crippen LogP) is 4.43. The van der Waals surface area contributed by atoms with Gasteiger partial charge >= 0.3 is 0 Å². The number of hydrogen-bond acceptors (Lipinski definition) is 9. The molecule has 1 aromatic carbocycles. The summed E-state index contributed by atoms with van der Waals surface area (Å²) in [5.41, 5.74) is 9.87. The summed E-state index contributed by atoms with van der Waals surface area (Å²) in [7, 11) is 0. The van der Waals surface area contributed by atoms with Crippen LogP contribution in [-0.4, -0.2) is 79.9 Å². The lowest BCUT2D eigenvalue weighted by atomic mass is 9.91. The minimum absolute atomic E-state index is 0.151. The van der Waals surface area contributed by atoms with E-state index in [1.54, 1.807) is 18.0 Å². The lowest BCUT2D eigenvalue weighted by molar-refractivity contribution is -0.125. The molecule has 3 aromatic heterocycles. The van der Waals surface area contributed by atoms with Gasteiger partial charge in [0.25, 0.3) is 11.8 Å². The van der Waals surface area contributed by atoms with Crippen molar-refractivity contribution >= 4 is 40.1 Å². The Kier molecular flexibility index (Phi) is 8.35. The Hall–Kier alpha value is -4.13. The number of likely N-dealkylation sites (tertiary alicyclic amines) is 1. The Labute approximate surface area is 278 Å². The summed E-state index contributed by atoms with van der Waals surface area (Å²) in [6, 6.07) is 6.23. The van der Waals surface area contributed by atoms with E-state index in [4.69, 9.17) is 36.9 Å². The van der Waals surface area contributed by atoms with Crippen LogP contribution in [0, 0.1) is 11.8 Å². The van der Waals surface area contributed by atoms with Crippen LogP contribution in [0.3, 0.4) is 0 Å². The van der Waals surface area contributed by atoms with Crippen molar-refractivity contribution in [3.63, 3.8) is 0 Å². The minimum atomic E-state index is -0.740. The van der Waals surface area contributed by atoms with Crippen molar-refractivity contribution in [2.75, 3.05) is 31.2 Å².